The molecule has 1 aromatic heterocycles. The third-order valence-corrected chi connectivity index (χ3v) is 7.16. The quantitative estimate of drug-likeness (QED) is 0.700. The fourth-order valence-corrected chi connectivity index (χ4v) is 5.22. The smallest absolute Gasteiger partial charge is 0.257 e. The lowest BCUT2D eigenvalue weighted by Gasteiger charge is -2.26. The van der Waals surface area contributed by atoms with Crippen molar-refractivity contribution in [1.82, 2.24) is 9.29 Å². The van der Waals surface area contributed by atoms with Crippen LogP contribution in [0, 0.1) is 5.82 Å². The number of anilines is 1. The van der Waals surface area contributed by atoms with E-state index in [0.717, 1.165) is 26.7 Å². The monoisotopic (exact) mass is 421 g/mol. The molecule has 0 spiro atoms. The molecule has 10 heteroatoms. The first-order valence-corrected chi connectivity index (χ1v) is 10.8. The average Bonchev–Trinajstić information content (AvgIpc) is 3.11. The predicted octanol–water partition coefficient (Wildman–Crippen LogP) is 2.71. The highest BCUT2D eigenvalue weighted by Gasteiger charge is 2.29. The zero-order valence-electron chi connectivity index (χ0n) is 14.6. The maximum absolute atomic E-state index is 14.3. The number of carbonyl (C=O) groups is 1. The minimum Gasteiger partial charge on any atom is -0.379 e. The summed E-state index contributed by atoms with van der Waals surface area (Å²) in [4.78, 5) is 16.4. The molecule has 0 bridgehead atoms. The second kappa shape index (κ2) is 7.55. The minimum absolute atomic E-state index is 0.0347. The normalized spacial score (nSPS) is 15.6. The SMILES string of the molecule is O=C(Nc1nc2ccccc2s1)c1ccc(F)c(S(=O)(=O)N2CCOCC2)c1. The van der Waals surface area contributed by atoms with Gasteiger partial charge in [0.25, 0.3) is 5.91 Å². The van der Waals surface area contributed by atoms with Crippen molar-refractivity contribution in [3.05, 3.63) is 53.8 Å². The van der Waals surface area contributed by atoms with Gasteiger partial charge in [0, 0.05) is 18.7 Å². The molecule has 0 saturated carbocycles. The van der Waals surface area contributed by atoms with Gasteiger partial charge in [-0.05, 0) is 30.3 Å². The Hall–Kier alpha value is -2.40. The number of carbonyl (C=O) groups excluding carboxylic acids is 1. The van der Waals surface area contributed by atoms with Gasteiger partial charge in [-0.15, -0.1) is 0 Å². The lowest BCUT2D eigenvalue weighted by molar-refractivity contribution is 0.0729. The van der Waals surface area contributed by atoms with E-state index in [1.807, 2.05) is 24.3 Å². The highest BCUT2D eigenvalue weighted by molar-refractivity contribution is 7.89. The van der Waals surface area contributed by atoms with Gasteiger partial charge in [0.2, 0.25) is 10.0 Å². The Labute approximate surface area is 164 Å². The number of nitrogens with one attached hydrogen (secondary N) is 1. The molecule has 1 N–H and O–H groups in total. The van der Waals surface area contributed by atoms with E-state index in [1.165, 1.54) is 17.4 Å². The average molecular weight is 421 g/mol. The number of amides is 1. The van der Waals surface area contributed by atoms with Crippen LogP contribution < -0.4 is 5.32 Å². The number of para-hydroxylation sites is 1. The molecule has 1 aliphatic rings. The lowest BCUT2D eigenvalue weighted by Crippen LogP contribution is -2.41. The van der Waals surface area contributed by atoms with Gasteiger partial charge in [0.15, 0.2) is 5.13 Å². The van der Waals surface area contributed by atoms with Gasteiger partial charge in [-0.1, -0.05) is 23.5 Å². The molecular weight excluding hydrogens is 405 g/mol. The molecule has 1 amide bonds. The van der Waals surface area contributed by atoms with Crippen LogP contribution in [0.25, 0.3) is 10.2 Å². The van der Waals surface area contributed by atoms with Crippen LogP contribution in [-0.4, -0.2) is 49.9 Å². The van der Waals surface area contributed by atoms with Crippen molar-refractivity contribution in [2.75, 3.05) is 31.6 Å². The molecule has 1 saturated heterocycles. The number of hydrogen-bond donors (Lipinski definition) is 1. The number of halogens is 1. The molecule has 1 aliphatic heterocycles. The van der Waals surface area contributed by atoms with Gasteiger partial charge in [0.1, 0.15) is 10.7 Å². The molecular formula is C18H16FN3O4S2. The number of fused-ring (bicyclic) bond motifs is 1. The van der Waals surface area contributed by atoms with Crippen molar-refractivity contribution in [3.8, 4) is 0 Å². The number of benzene rings is 2. The van der Waals surface area contributed by atoms with Crippen LogP contribution in [0.4, 0.5) is 9.52 Å². The topological polar surface area (TPSA) is 88.6 Å². The maximum atomic E-state index is 14.3. The molecule has 1 fully saturated rings. The summed E-state index contributed by atoms with van der Waals surface area (Å²) in [5.74, 6) is -1.46. The second-order valence-corrected chi connectivity index (χ2v) is 9.04. The van der Waals surface area contributed by atoms with E-state index >= 15 is 0 Å². The van der Waals surface area contributed by atoms with Crippen LogP contribution in [0.5, 0.6) is 0 Å². The van der Waals surface area contributed by atoms with E-state index in [1.54, 1.807) is 0 Å². The van der Waals surface area contributed by atoms with Gasteiger partial charge in [-0.25, -0.2) is 17.8 Å². The zero-order valence-corrected chi connectivity index (χ0v) is 16.2. The molecule has 0 aliphatic carbocycles. The van der Waals surface area contributed by atoms with E-state index in [9.17, 15) is 17.6 Å². The summed E-state index contributed by atoms with van der Waals surface area (Å²) in [5.41, 5.74) is 0.782. The molecule has 4 rings (SSSR count). The zero-order chi connectivity index (χ0) is 19.7. The summed E-state index contributed by atoms with van der Waals surface area (Å²) >= 11 is 1.30. The molecule has 28 heavy (non-hydrogen) atoms. The number of aromatic nitrogens is 1. The van der Waals surface area contributed by atoms with Gasteiger partial charge in [-0.2, -0.15) is 4.31 Å². The predicted molar refractivity (Wildman–Crippen MR) is 104 cm³/mol. The Bertz CT molecular complexity index is 1110. The van der Waals surface area contributed by atoms with Crippen molar-refractivity contribution in [2.24, 2.45) is 0 Å². The van der Waals surface area contributed by atoms with Crippen molar-refractivity contribution in [3.63, 3.8) is 0 Å². The van der Waals surface area contributed by atoms with E-state index < -0.39 is 26.6 Å². The Morgan fingerprint density at radius 3 is 2.68 bits per heavy atom. The molecule has 146 valence electrons. The highest BCUT2D eigenvalue weighted by Crippen LogP contribution is 2.27. The minimum atomic E-state index is -4.06. The molecule has 3 aromatic rings. The second-order valence-electron chi connectivity index (χ2n) is 6.10. The van der Waals surface area contributed by atoms with Crippen LogP contribution in [0.15, 0.2) is 47.4 Å². The Morgan fingerprint density at radius 1 is 1.18 bits per heavy atom. The summed E-state index contributed by atoms with van der Waals surface area (Å²) < 4.78 is 47.0. The van der Waals surface area contributed by atoms with E-state index in [-0.39, 0.29) is 31.9 Å². The summed E-state index contributed by atoms with van der Waals surface area (Å²) in [5, 5.41) is 3.03. The first kappa shape index (κ1) is 18.9. The van der Waals surface area contributed by atoms with E-state index in [4.69, 9.17) is 4.74 Å². The van der Waals surface area contributed by atoms with Crippen molar-refractivity contribution >= 4 is 42.6 Å². The Morgan fingerprint density at radius 2 is 1.93 bits per heavy atom. The third-order valence-electron chi connectivity index (χ3n) is 4.30. The van der Waals surface area contributed by atoms with E-state index in [2.05, 4.69) is 10.3 Å². The fourth-order valence-electron chi connectivity index (χ4n) is 2.86. The fraction of sp³-hybridized carbons (Fsp3) is 0.222. The molecule has 0 radical (unpaired) electrons. The van der Waals surface area contributed by atoms with Gasteiger partial charge >= 0.3 is 0 Å². The van der Waals surface area contributed by atoms with Gasteiger partial charge in [0.05, 0.1) is 23.4 Å². The van der Waals surface area contributed by atoms with Crippen molar-refractivity contribution in [1.29, 1.82) is 0 Å². The maximum Gasteiger partial charge on any atom is 0.257 e. The Kier molecular flexibility index (Phi) is 5.11. The third kappa shape index (κ3) is 3.63. The molecule has 0 atom stereocenters. The summed E-state index contributed by atoms with van der Waals surface area (Å²) in [6.45, 7) is 0.783. The number of morpholine rings is 1. The number of sulfonamides is 1. The van der Waals surface area contributed by atoms with Crippen LogP contribution in [0.2, 0.25) is 0 Å². The summed E-state index contributed by atoms with van der Waals surface area (Å²) in [6.07, 6.45) is 0. The molecule has 7 nitrogen and oxygen atoms in total. The molecule has 2 heterocycles. The van der Waals surface area contributed by atoms with Crippen LogP contribution in [0.3, 0.4) is 0 Å². The molecule has 2 aromatic carbocycles. The van der Waals surface area contributed by atoms with Crippen LogP contribution >= 0.6 is 11.3 Å². The van der Waals surface area contributed by atoms with Crippen molar-refractivity contribution < 1.29 is 22.3 Å². The first-order valence-electron chi connectivity index (χ1n) is 8.49. The standard InChI is InChI=1S/C18H16FN3O4S2/c19-13-6-5-12(11-16(13)28(24,25)22-7-9-26-10-8-22)17(23)21-18-20-14-3-1-2-4-15(14)27-18/h1-6,11H,7-10H2,(H,20,21,23). The number of nitrogens with zero attached hydrogens (tertiary/aromatic N) is 2. The molecule has 0 unspecified atom stereocenters. The summed E-state index contributed by atoms with van der Waals surface area (Å²) in [7, 11) is -4.06. The van der Waals surface area contributed by atoms with Crippen molar-refractivity contribution in [2.45, 2.75) is 4.90 Å². The largest absolute Gasteiger partial charge is 0.379 e. The Balaban J connectivity index is 1.61. The number of ether oxygens (including phenoxy) is 1. The van der Waals surface area contributed by atoms with Crippen LogP contribution in [0.1, 0.15) is 10.4 Å². The number of thiazole rings is 1. The summed E-state index contributed by atoms with van der Waals surface area (Å²) in [6, 6.07) is 10.7. The van der Waals surface area contributed by atoms with Crippen LogP contribution in [-0.2, 0) is 14.8 Å². The lowest BCUT2D eigenvalue weighted by atomic mass is 10.2. The number of rotatable bonds is 4. The van der Waals surface area contributed by atoms with E-state index in [0.29, 0.717) is 5.13 Å². The van der Waals surface area contributed by atoms with Gasteiger partial charge < -0.3 is 4.74 Å². The first-order chi connectivity index (χ1) is 13.4. The number of hydrogen-bond acceptors (Lipinski definition) is 6. The van der Waals surface area contributed by atoms with Gasteiger partial charge in [-0.3, -0.25) is 10.1 Å². The highest BCUT2D eigenvalue weighted by atomic mass is 32.2.